The molecule has 2 N–H and O–H groups in total. The fourth-order valence-electron chi connectivity index (χ4n) is 3.53. The number of phenolic OH excluding ortho intramolecular Hbond substituents is 2. The van der Waals surface area contributed by atoms with E-state index in [0.717, 1.165) is 22.1 Å². The topological polar surface area (TPSA) is 79.9 Å². The maximum Gasteiger partial charge on any atom is 0.170 e. The Bertz CT molecular complexity index is 1200. The van der Waals surface area contributed by atoms with Gasteiger partial charge in [-0.15, -0.1) is 0 Å². The number of benzene rings is 3. The smallest absolute Gasteiger partial charge is 0.170 e. The predicted octanol–water partition coefficient (Wildman–Crippen LogP) is 5.22. The zero-order valence-electron chi connectivity index (χ0n) is 14.8. The number of hydrogen-bond acceptors (Lipinski definition) is 5. The van der Waals surface area contributed by atoms with Crippen molar-refractivity contribution in [2.75, 3.05) is 0 Å². The summed E-state index contributed by atoms with van der Waals surface area (Å²) in [4.78, 5) is 12.5. The van der Waals surface area contributed by atoms with Crippen molar-refractivity contribution in [2.45, 2.75) is 12.5 Å². The van der Waals surface area contributed by atoms with Gasteiger partial charge in [0.25, 0.3) is 0 Å². The number of carbonyl (C=O) groups is 1. The minimum atomic E-state index is -0.418. The highest BCUT2D eigenvalue weighted by Crippen LogP contribution is 2.38. The van der Waals surface area contributed by atoms with Crippen LogP contribution in [0.5, 0.6) is 17.2 Å². The largest absolute Gasteiger partial charge is 0.508 e. The van der Waals surface area contributed by atoms with Crippen LogP contribution in [-0.2, 0) is 0 Å². The van der Waals surface area contributed by atoms with Crippen molar-refractivity contribution >= 4 is 16.8 Å². The number of phenols is 2. The highest BCUT2D eigenvalue weighted by atomic mass is 16.5. The van der Waals surface area contributed by atoms with E-state index in [4.69, 9.17) is 9.15 Å². The minimum absolute atomic E-state index is 0.0108. The summed E-state index contributed by atoms with van der Waals surface area (Å²) in [7, 11) is 0. The lowest BCUT2D eigenvalue weighted by atomic mass is 9.95. The molecule has 3 aromatic carbocycles. The Hall–Kier alpha value is -3.73. The van der Waals surface area contributed by atoms with Gasteiger partial charge in [0.05, 0.1) is 12.0 Å². The van der Waals surface area contributed by atoms with Crippen LogP contribution >= 0.6 is 0 Å². The average Bonchev–Trinajstić information content (AvgIpc) is 3.11. The Labute approximate surface area is 160 Å². The maximum absolute atomic E-state index is 12.5. The Balaban J connectivity index is 1.50. The molecule has 4 aromatic rings. The summed E-state index contributed by atoms with van der Waals surface area (Å²) in [6, 6.07) is 19.0. The van der Waals surface area contributed by atoms with Crippen LogP contribution < -0.4 is 4.74 Å². The lowest BCUT2D eigenvalue weighted by molar-refractivity contribution is 0.0850. The second-order valence-electron chi connectivity index (χ2n) is 6.87. The van der Waals surface area contributed by atoms with Crippen molar-refractivity contribution in [1.82, 2.24) is 0 Å². The Morgan fingerprint density at radius 1 is 0.857 bits per heavy atom. The Morgan fingerprint density at radius 3 is 2.46 bits per heavy atom. The monoisotopic (exact) mass is 372 g/mol. The third kappa shape index (κ3) is 2.77. The molecule has 28 heavy (non-hydrogen) atoms. The van der Waals surface area contributed by atoms with Crippen LogP contribution in [-0.4, -0.2) is 16.0 Å². The molecule has 0 aliphatic carbocycles. The number of Topliss-reactive ketones (excluding diaryl/α,β-unsaturated/α-hetero) is 1. The van der Waals surface area contributed by atoms with Crippen LogP contribution in [0.25, 0.3) is 22.3 Å². The van der Waals surface area contributed by atoms with Gasteiger partial charge in [0.2, 0.25) is 0 Å². The van der Waals surface area contributed by atoms with Crippen LogP contribution in [0, 0.1) is 0 Å². The molecule has 1 aromatic heterocycles. The van der Waals surface area contributed by atoms with Crippen LogP contribution in [0.1, 0.15) is 28.4 Å². The number of aromatic hydroxyl groups is 2. The van der Waals surface area contributed by atoms with E-state index in [0.29, 0.717) is 17.1 Å². The molecule has 5 nitrogen and oxygen atoms in total. The second kappa shape index (κ2) is 6.16. The first-order chi connectivity index (χ1) is 13.6. The lowest BCUT2D eigenvalue weighted by Gasteiger charge is -2.25. The number of fused-ring (bicyclic) bond motifs is 2. The summed E-state index contributed by atoms with van der Waals surface area (Å²) in [5.41, 5.74) is 2.96. The van der Waals surface area contributed by atoms with Crippen LogP contribution in [0.2, 0.25) is 0 Å². The van der Waals surface area contributed by atoms with E-state index >= 15 is 0 Å². The fraction of sp³-hybridized carbons (Fsp3) is 0.0870. The highest BCUT2D eigenvalue weighted by Gasteiger charge is 2.28. The molecule has 0 radical (unpaired) electrons. The first-order valence-corrected chi connectivity index (χ1v) is 8.92. The number of ether oxygens (including phenoxy) is 1. The van der Waals surface area contributed by atoms with Gasteiger partial charge < -0.3 is 19.4 Å². The van der Waals surface area contributed by atoms with Gasteiger partial charge in [-0.1, -0.05) is 6.07 Å². The van der Waals surface area contributed by atoms with Crippen molar-refractivity contribution in [3.05, 3.63) is 77.9 Å². The molecule has 138 valence electrons. The third-order valence-electron chi connectivity index (χ3n) is 4.97. The predicted molar refractivity (Wildman–Crippen MR) is 104 cm³/mol. The number of furan rings is 1. The molecule has 0 bridgehead atoms. The quantitative estimate of drug-likeness (QED) is 0.504. The molecule has 2 heterocycles. The van der Waals surface area contributed by atoms with Gasteiger partial charge >= 0.3 is 0 Å². The fourth-order valence-corrected chi connectivity index (χ4v) is 3.53. The summed E-state index contributed by atoms with van der Waals surface area (Å²) >= 11 is 0. The van der Waals surface area contributed by atoms with Crippen LogP contribution in [0.3, 0.4) is 0 Å². The van der Waals surface area contributed by atoms with E-state index in [1.54, 1.807) is 30.3 Å². The van der Waals surface area contributed by atoms with Crippen molar-refractivity contribution < 1.29 is 24.2 Å². The van der Waals surface area contributed by atoms with E-state index in [-0.39, 0.29) is 23.7 Å². The molecule has 0 saturated carbocycles. The minimum Gasteiger partial charge on any atom is -0.508 e. The summed E-state index contributed by atoms with van der Waals surface area (Å²) in [6.07, 6.45) is -0.176. The Kier molecular flexibility index (Phi) is 3.62. The number of hydrogen-bond donors (Lipinski definition) is 2. The second-order valence-corrected chi connectivity index (χ2v) is 6.87. The SMILES string of the molecule is O=C1C[C@H](c2ccc3oc(-c4ccc(O)cc4)cc3c2)Oc2cc(O)ccc21. The molecular weight excluding hydrogens is 356 g/mol. The van der Waals surface area contributed by atoms with Gasteiger partial charge in [0.15, 0.2) is 5.78 Å². The summed E-state index contributed by atoms with van der Waals surface area (Å²) < 4.78 is 11.9. The molecule has 0 saturated heterocycles. The molecule has 1 aliphatic heterocycles. The molecule has 5 heteroatoms. The molecule has 0 fully saturated rings. The van der Waals surface area contributed by atoms with Gasteiger partial charge in [-0.2, -0.15) is 0 Å². The molecule has 0 amide bonds. The molecule has 5 rings (SSSR count). The van der Waals surface area contributed by atoms with Crippen molar-refractivity contribution in [3.63, 3.8) is 0 Å². The van der Waals surface area contributed by atoms with E-state index in [1.165, 1.54) is 12.1 Å². The molecule has 0 unspecified atom stereocenters. The summed E-state index contributed by atoms with van der Waals surface area (Å²) in [6.45, 7) is 0. The molecule has 0 spiro atoms. The van der Waals surface area contributed by atoms with E-state index in [1.807, 2.05) is 24.3 Å². The van der Waals surface area contributed by atoms with E-state index in [9.17, 15) is 15.0 Å². The van der Waals surface area contributed by atoms with Crippen molar-refractivity contribution in [1.29, 1.82) is 0 Å². The lowest BCUT2D eigenvalue weighted by Crippen LogP contribution is -2.20. The first-order valence-electron chi connectivity index (χ1n) is 8.92. The van der Waals surface area contributed by atoms with Gasteiger partial charge in [-0.05, 0) is 60.2 Å². The normalized spacial score (nSPS) is 16.0. The number of ketones is 1. The average molecular weight is 372 g/mol. The van der Waals surface area contributed by atoms with Gasteiger partial charge in [-0.3, -0.25) is 4.79 Å². The van der Waals surface area contributed by atoms with E-state index < -0.39 is 6.10 Å². The van der Waals surface area contributed by atoms with Crippen molar-refractivity contribution in [2.24, 2.45) is 0 Å². The number of carbonyl (C=O) groups excluding carboxylic acids is 1. The zero-order chi connectivity index (χ0) is 19.3. The van der Waals surface area contributed by atoms with Gasteiger partial charge in [-0.25, -0.2) is 0 Å². The standard InChI is InChI=1S/C23H16O5/c24-16-4-1-13(2-5-16)21-10-15-9-14(3-8-20(15)27-21)22-12-19(26)18-7-6-17(25)11-23(18)28-22/h1-11,22,24-25H,12H2/t22-/m1/s1. The molecular formula is C23H16O5. The van der Waals surface area contributed by atoms with Gasteiger partial charge in [0, 0.05) is 17.0 Å². The zero-order valence-corrected chi connectivity index (χ0v) is 14.8. The van der Waals surface area contributed by atoms with Gasteiger partial charge in [0.1, 0.15) is 34.7 Å². The highest BCUT2D eigenvalue weighted by molar-refractivity contribution is 6.00. The van der Waals surface area contributed by atoms with E-state index in [2.05, 4.69) is 0 Å². The first kappa shape index (κ1) is 16.4. The molecule has 1 atom stereocenters. The summed E-state index contributed by atoms with van der Waals surface area (Å²) in [5, 5.41) is 20.0. The Morgan fingerprint density at radius 2 is 1.64 bits per heavy atom. The van der Waals surface area contributed by atoms with Crippen LogP contribution in [0.15, 0.2) is 71.1 Å². The number of rotatable bonds is 2. The maximum atomic E-state index is 12.5. The molecule has 1 aliphatic rings. The van der Waals surface area contributed by atoms with Crippen LogP contribution in [0.4, 0.5) is 0 Å². The summed E-state index contributed by atoms with van der Waals surface area (Å²) in [5.74, 6) is 1.35. The third-order valence-corrected chi connectivity index (χ3v) is 4.97. The van der Waals surface area contributed by atoms with Crippen molar-refractivity contribution in [3.8, 4) is 28.6 Å².